The van der Waals surface area contributed by atoms with Crippen LogP contribution in [0.2, 0.25) is 5.02 Å². The van der Waals surface area contributed by atoms with Crippen LogP contribution in [-0.2, 0) is 16.0 Å². The topological polar surface area (TPSA) is 81.4 Å². The third kappa shape index (κ3) is 4.98. The molecular formula is C21H19ClN2O4. The maximum Gasteiger partial charge on any atom is 0.344 e. The molecule has 2 aromatic carbocycles. The standard InChI is InChI=1S/C21H19ClN2O4/c1-14-19(20(24-28-14)16-5-3-2-4-6-16)21(26)27-13-18(25)23-12-11-15-7-9-17(22)10-8-15/h2-10H,11-13H2,1H3,(H,23,25). The van der Waals surface area contributed by atoms with Crippen molar-refractivity contribution < 1.29 is 18.8 Å². The summed E-state index contributed by atoms with van der Waals surface area (Å²) in [7, 11) is 0. The molecule has 7 heteroatoms. The molecule has 144 valence electrons. The summed E-state index contributed by atoms with van der Waals surface area (Å²) < 4.78 is 10.3. The van der Waals surface area contributed by atoms with Crippen LogP contribution in [0.4, 0.5) is 0 Å². The number of hydrogen-bond acceptors (Lipinski definition) is 5. The van der Waals surface area contributed by atoms with Gasteiger partial charge in [0.1, 0.15) is 17.0 Å². The Morgan fingerprint density at radius 2 is 1.82 bits per heavy atom. The van der Waals surface area contributed by atoms with Gasteiger partial charge in [0.25, 0.3) is 5.91 Å². The van der Waals surface area contributed by atoms with Crippen molar-refractivity contribution in [3.8, 4) is 11.3 Å². The number of esters is 1. The number of carbonyl (C=O) groups excluding carboxylic acids is 2. The van der Waals surface area contributed by atoms with Gasteiger partial charge >= 0.3 is 5.97 Å². The average molecular weight is 399 g/mol. The largest absolute Gasteiger partial charge is 0.452 e. The van der Waals surface area contributed by atoms with Gasteiger partial charge in [-0.15, -0.1) is 0 Å². The van der Waals surface area contributed by atoms with E-state index in [0.29, 0.717) is 29.4 Å². The second-order valence-electron chi connectivity index (χ2n) is 6.13. The summed E-state index contributed by atoms with van der Waals surface area (Å²) in [5, 5.41) is 7.32. The molecule has 0 atom stereocenters. The van der Waals surface area contributed by atoms with Crippen molar-refractivity contribution in [1.82, 2.24) is 10.5 Å². The van der Waals surface area contributed by atoms with E-state index < -0.39 is 5.97 Å². The molecule has 0 fully saturated rings. The van der Waals surface area contributed by atoms with Crippen LogP contribution >= 0.6 is 11.6 Å². The lowest BCUT2D eigenvalue weighted by Gasteiger charge is -2.07. The molecule has 1 N–H and O–H groups in total. The average Bonchev–Trinajstić information content (AvgIpc) is 3.10. The van der Waals surface area contributed by atoms with E-state index in [1.54, 1.807) is 19.1 Å². The normalized spacial score (nSPS) is 10.5. The molecule has 0 saturated carbocycles. The lowest BCUT2D eigenvalue weighted by molar-refractivity contribution is -0.124. The highest BCUT2D eigenvalue weighted by Gasteiger charge is 2.23. The molecule has 1 aromatic heterocycles. The third-order valence-electron chi connectivity index (χ3n) is 4.10. The first kappa shape index (κ1) is 19.6. The number of halogens is 1. The highest BCUT2D eigenvalue weighted by Crippen LogP contribution is 2.25. The summed E-state index contributed by atoms with van der Waals surface area (Å²) in [5.41, 5.74) is 2.40. The van der Waals surface area contributed by atoms with Crippen molar-refractivity contribution in [3.05, 3.63) is 76.5 Å². The summed E-state index contributed by atoms with van der Waals surface area (Å²) in [4.78, 5) is 24.4. The minimum atomic E-state index is -0.648. The van der Waals surface area contributed by atoms with Gasteiger partial charge in [0, 0.05) is 17.1 Å². The zero-order chi connectivity index (χ0) is 19.9. The minimum Gasteiger partial charge on any atom is -0.452 e. The fourth-order valence-corrected chi connectivity index (χ4v) is 2.78. The molecule has 28 heavy (non-hydrogen) atoms. The van der Waals surface area contributed by atoms with E-state index in [-0.39, 0.29) is 18.1 Å². The number of hydrogen-bond donors (Lipinski definition) is 1. The molecule has 1 amide bonds. The predicted octanol–water partition coefficient (Wildman–Crippen LogP) is 3.82. The van der Waals surface area contributed by atoms with E-state index in [1.165, 1.54) is 0 Å². The van der Waals surface area contributed by atoms with Crippen LogP contribution in [0, 0.1) is 6.92 Å². The highest BCUT2D eigenvalue weighted by molar-refractivity contribution is 6.30. The lowest BCUT2D eigenvalue weighted by atomic mass is 10.1. The van der Waals surface area contributed by atoms with Crippen LogP contribution in [0.15, 0.2) is 59.1 Å². The molecule has 0 radical (unpaired) electrons. The van der Waals surface area contributed by atoms with Crippen LogP contribution in [0.1, 0.15) is 21.7 Å². The fourth-order valence-electron chi connectivity index (χ4n) is 2.66. The van der Waals surface area contributed by atoms with E-state index in [4.69, 9.17) is 20.9 Å². The van der Waals surface area contributed by atoms with E-state index >= 15 is 0 Å². The summed E-state index contributed by atoms with van der Waals surface area (Å²) in [6.07, 6.45) is 0.653. The number of aryl methyl sites for hydroxylation is 1. The molecule has 0 bridgehead atoms. The third-order valence-corrected chi connectivity index (χ3v) is 4.35. The molecule has 3 rings (SSSR count). The van der Waals surface area contributed by atoms with Gasteiger partial charge in [0.15, 0.2) is 6.61 Å². The van der Waals surface area contributed by atoms with E-state index in [0.717, 1.165) is 11.1 Å². The van der Waals surface area contributed by atoms with E-state index in [2.05, 4.69) is 10.5 Å². The molecule has 0 saturated heterocycles. The summed E-state index contributed by atoms with van der Waals surface area (Å²) >= 11 is 5.84. The van der Waals surface area contributed by atoms with Gasteiger partial charge in [-0.1, -0.05) is 59.2 Å². The smallest absolute Gasteiger partial charge is 0.344 e. The van der Waals surface area contributed by atoms with Crippen molar-refractivity contribution in [2.45, 2.75) is 13.3 Å². The van der Waals surface area contributed by atoms with E-state index in [1.807, 2.05) is 42.5 Å². The fraction of sp³-hybridized carbons (Fsp3) is 0.190. The Morgan fingerprint density at radius 3 is 2.54 bits per heavy atom. The number of nitrogens with zero attached hydrogens (tertiary/aromatic N) is 1. The number of ether oxygens (including phenoxy) is 1. The first-order valence-electron chi connectivity index (χ1n) is 8.74. The van der Waals surface area contributed by atoms with Gasteiger partial charge in [-0.05, 0) is 31.0 Å². The highest BCUT2D eigenvalue weighted by atomic mass is 35.5. The van der Waals surface area contributed by atoms with Crippen molar-refractivity contribution in [1.29, 1.82) is 0 Å². The van der Waals surface area contributed by atoms with Crippen LogP contribution in [0.5, 0.6) is 0 Å². The van der Waals surface area contributed by atoms with Crippen molar-refractivity contribution in [2.24, 2.45) is 0 Å². The molecule has 0 spiro atoms. The molecule has 0 aliphatic rings. The maximum atomic E-state index is 12.4. The molecule has 0 aliphatic heterocycles. The monoisotopic (exact) mass is 398 g/mol. The van der Waals surface area contributed by atoms with Crippen LogP contribution < -0.4 is 5.32 Å². The zero-order valence-electron chi connectivity index (χ0n) is 15.3. The Labute approximate surface area is 167 Å². The van der Waals surface area contributed by atoms with Gasteiger partial charge in [-0.2, -0.15) is 0 Å². The van der Waals surface area contributed by atoms with Crippen LogP contribution in [-0.4, -0.2) is 30.2 Å². The Bertz CT molecular complexity index is 952. The SMILES string of the molecule is Cc1onc(-c2ccccc2)c1C(=O)OCC(=O)NCCc1ccc(Cl)cc1. The number of rotatable bonds is 7. The van der Waals surface area contributed by atoms with Crippen molar-refractivity contribution in [3.63, 3.8) is 0 Å². The molecule has 6 nitrogen and oxygen atoms in total. The van der Waals surface area contributed by atoms with Crippen molar-refractivity contribution in [2.75, 3.05) is 13.2 Å². The molecule has 0 unspecified atom stereocenters. The quantitative estimate of drug-likeness (QED) is 0.612. The van der Waals surface area contributed by atoms with Gasteiger partial charge in [0.05, 0.1) is 0 Å². The number of carbonyl (C=O) groups is 2. The number of amides is 1. The van der Waals surface area contributed by atoms with Gasteiger partial charge in [-0.25, -0.2) is 4.79 Å². The van der Waals surface area contributed by atoms with Crippen LogP contribution in [0.3, 0.4) is 0 Å². The van der Waals surface area contributed by atoms with Crippen LogP contribution in [0.25, 0.3) is 11.3 Å². The first-order valence-corrected chi connectivity index (χ1v) is 9.12. The molecule has 0 aliphatic carbocycles. The van der Waals surface area contributed by atoms with Gasteiger partial charge in [-0.3, -0.25) is 4.79 Å². The zero-order valence-corrected chi connectivity index (χ0v) is 16.0. The summed E-state index contributed by atoms with van der Waals surface area (Å²) in [5.74, 6) is -0.685. The summed E-state index contributed by atoms with van der Waals surface area (Å²) in [6.45, 7) is 1.68. The molecular weight excluding hydrogens is 380 g/mol. The van der Waals surface area contributed by atoms with E-state index in [9.17, 15) is 9.59 Å². The predicted molar refractivity (Wildman–Crippen MR) is 105 cm³/mol. The molecule has 1 heterocycles. The Balaban J connectivity index is 1.52. The Morgan fingerprint density at radius 1 is 1.11 bits per heavy atom. The molecule has 3 aromatic rings. The lowest BCUT2D eigenvalue weighted by Crippen LogP contribution is -2.30. The minimum absolute atomic E-state index is 0.222. The maximum absolute atomic E-state index is 12.4. The first-order chi connectivity index (χ1) is 13.5. The number of benzene rings is 2. The van der Waals surface area contributed by atoms with Gasteiger partial charge in [0.2, 0.25) is 0 Å². The van der Waals surface area contributed by atoms with Gasteiger partial charge < -0.3 is 14.6 Å². The Kier molecular flexibility index (Phi) is 6.45. The second kappa shape index (κ2) is 9.19. The number of nitrogens with one attached hydrogen (secondary N) is 1. The second-order valence-corrected chi connectivity index (χ2v) is 6.57. The summed E-state index contributed by atoms with van der Waals surface area (Å²) in [6, 6.07) is 16.6. The Hall–Kier alpha value is -3.12. The van der Waals surface area contributed by atoms with Crippen molar-refractivity contribution >= 4 is 23.5 Å². The number of aromatic nitrogens is 1.